The van der Waals surface area contributed by atoms with Crippen molar-refractivity contribution in [3.8, 4) is 0 Å². The van der Waals surface area contributed by atoms with Crippen LogP contribution in [0.2, 0.25) is 0 Å². The summed E-state index contributed by atoms with van der Waals surface area (Å²) in [5.41, 5.74) is 13.3. The van der Waals surface area contributed by atoms with E-state index in [0.717, 1.165) is 12.0 Å². The van der Waals surface area contributed by atoms with Crippen LogP contribution in [-0.2, 0) is 0 Å². The summed E-state index contributed by atoms with van der Waals surface area (Å²) in [5, 5.41) is 0. The highest BCUT2D eigenvalue weighted by Gasteiger charge is 2.01. The molecular weight excluding hydrogens is 112 g/mol. The molecule has 0 heterocycles. The second-order valence-corrected chi connectivity index (χ2v) is 2.12. The summed E-state index contributed by atoms with van der Waals surface area (Å²) in [4.78, 5) is 0. The van der Waals surface area contributed by atoms with Crippen LogP contribution in [0.4, 0.5) is 0 Å². The number of allylic oxidation sites excluding steroid dienone is 3. The first-order valence-electron chi connectivity index (χ1n) is 2.81. The Labute approximate surface area is 54.5 Å². The van der Waals surface area contributed by atoms with E-state index in [9.17, 15) is 0 Å². The molecule has 0 spiro atoms. The monoisotopic (exact) mass is 122 g/mol. The van der Waals surface area contributed by atoms with Gasteiger partial charge in [-0.2, -0.15) is 0 Å². The van der Waals surface area contributed by atoms with E-state index in [4.69, 9.17) is 11.5 Å². The summed E-state index contributed by atoms with van der Waals surface area (Å²) in [6, 6.07) is 0. The molecule has 4 N–H and O–H groups in total. The molecule has 0 aromatic heterocycles. The third kappa shape index (κ3) is 1.13. The van der Waals surface area contributed by atoms with Crippen molar-refractivity contribution in [3.05, 3.63) is 35.7 Å². The van der Waals surface area contributed by atoms with Gasteiger partial charge in [-0.1, -0.05) is 12.7 Å². The van der Waals surface area contributed by atoms with Crippen LogP contribution < -0.4 is 11.5 Å². The van der Waals surface area contributed by atoms with Crippen LogP contribution in [0, 0.1) is 0 Å². The second kappa shape index (κ2) is 1.97. The van der Waals surface area contributed by atoms with Crippen LogP contribution in [0.25, 0.3) is 0 Å². The second-order valence-electron chi connectivity index (χ2n) is 2.12. The summed E-state index contributed by atoms with van der Waals surface area (Å²) in [6.45, 7) is 3.74. The van der Waals surface area contributed by atoms with Gasteiger partial charge in [0.2, 0.25) is 0 Å². The van der Waals surface area contributed by atoms with E-state index in [1.54, 1.807) is 6.08 Å². The normalized spacial score (nSPS) is 18.9. The molecule has 1 rings (SSSR count). The Morgan fingerprint density at radius 2 is 2.00 bits per heavy atom. The predicted molar refractivity (Wildman–Crippen MR) is 38.3 cm³/mol. The molecule has 0 unspecified atom stereocenters. The van der Waals surface area contributed by atoms with Crippen molar-refractivity contribution in [2.75, 3.05) is 0 Å². The van der Waals surface area contributed by atoms with E-state index < -0.39 is 0 Å². The molecule has 0 radical (unpaired) electrons. The van der Waals surface area contributed by atoms with Crippen molar-refractivity contribution >= 4 is 0 Å². The summed E-state index contributed by atoms with van der Waals surface area (Å²) in [7, 11) is 0. The zero-order valence-corrected chi connectivity index (χ0v) is 5.22. The van der Waals surface area contributed by atoms with Crippen molar-refractivity contribution < 1.29 is 0 Å². The lowest BCUT2D eigenvalue weighted by molar-refractivity contribution is 1.13. The topological polar surface area (TPSA) is 52.0 Å². The minimum atomic E-state index is 0.631. The maximum atomic E-state index is 5.48. The molecule has 0 atom stereocenters. The third-order valence-electron chi connectivity index (χ3n) is 1.28. The summed E-state index contributed by atoms with van der Waals surface area (Å²) in [6.07, 6.45) is 4.50. The summed E-state index contributed by atoms with van der Waals surface area (Å²) >= 11 is 0. The third-order valence-corrected chi connectivity index (χ3v) is 1.28. The summed E-state index contributed by atoms with van der Waals surface area (Å²) in [5.74, 6) is 0. The number of hydrogen-bond acceptors (Lipinski definition) is 2. The quantitative estimate of drug-likeness (QED) is 0.495. The predicted octanol–water partition coefficient (Wildman–Crippen LogP) is 0.632. The van der Waals surface area contributed by atoms with Gasteiger partial charge in [0.15, 0.2) is 0 Å². The van der Waals surface area contributed by atoms with Gasteiger partial charge in [0.1, 0.15) is 0 Å². The van der Waals surface area contributed by atoms with Crippen molar-refractivity contribution in [2.24, 2.45) is 11.5 Å². The van der Waals surface area contributed by atoms with Gasteiger partial charge in [0.25, 0.3) is 0 Å². The first-order valence-corrected chi connectivity index (χ1v) is 2.81. The number of rotatable bonds is 0. The molecule has 0 amide bonds. The molecule has 2 heteroatoms. The zero-order valence-electron chi connectivity index (χ0n) is 5.22. The van der Waals surface area contributed by atoms with E-state index in [1.807, 2.05) is 6.08 Å². The van der Waals surface area contributed by atoms with Gasteiger partial charge in [-0.15, -0.1) is 0 Å². The van der Waals surface area contributed by atoms with Crippen LogP contribution in [0.1, 0.15) is 6.42 Å². The van der Waals surface area contributed by atoms with Crippen LogP contribution >= 0.6 is 0 Å². The van der Waals surface area contributed by atoms with Gasteiger partial charge >= 0.3 is 0 Å². The van der Waals surface area contributed by atoms with Gasteiger partial charge in [0, 0.05) is 0 Å². The van der Waals surface area contributed by atoms with Gasteiger partial charge in [-0.25, -0.2) is 0 Å². The van der Waals surface area contributed by atoms with Crippen molar-refractivity contribution in [1.29, 1.82) is 0 Å². The Kier molecular flexibility index (Phi) is 1.30. The van der Waals surface area contributed by atoms with E-state index in [0.29, 0.717) is 11.4 Å². The minimum absolute atomic E-state index is 0.631. The molecule has 0 saturated heterocycles. The van der Waals surface area contributed by atoms with Crippen LogP contribution in [0.5, 0.6) is 0 Å². The van der Waals surface area contributed by atoms with Crippen LogP contribution in [0.3, 0.4) is 0 Å². The molecular formula is C7H10N2. The van der Waals surface area contributed by atoms with E-state index in [2.05, 4.69) is 6.58 Å². The Morgan fingerprint density at radius 3 is 2.44 bits per heavy atom. The number of hydrogen-bond donors (Lipinski definition) is 2. The standard InChI is InChI=1S/C7H10N2/c1-5-2-3-6(8)7(9)4-5/h3-4H,1-2,8-9H2. The van der Waals surface area contributed by atoms with Crippen molar-refractivity contribution in [1.82, 2.24) is 0 Å². The largest absolute Gasteiger partial charge is 0.397 e. The molecule has 0 bridgehead atoms. The molecule has 0 aromatic carbocycles. The van der Waals surface area contributed by atoms with Gasteiger partial charge in [-0.05, 0) is 18.1 Å². The molecule has 2 nitrogen and oxygen atoms in total. The molecule has 0 fully saturated rings. The highest BCUT2D eigenvalue weighted by Crippen LogP contribution is 2.13. The molecule has 48 valence electrons. The van der Waals surface area contributed by atoms with Crippen molar-refractivity contribution in [2.45, 2.75) is 6.42 Å². The van der Waals surface area contributed by atoms with E-state index >= 15 is 0 Å². The Hall–Kier alpha value is -1.18. The molecule has 9 heavy (non-hydrogen) atoms. The Bertz CT molecular complexity index is 199. The Morgan fingerprint density at radius 1 is 1.33 bits per heavy atom. The van der Waals surface area contributed by atoms with E-state index in [1.165, 1.54) is 0 Å². The van der Waals surface area contributed by atoms with Gasteiger partial charge in [-0.3, -0.25) is 0 Å². The molecule has 0 aliphatic heterocycles. The average molecular weight is 122 g/mol. The first kappa shape index (κ1) is 5.95. The summed E-state index contributed by atoms with van der Waals surface area (Å²) < 4.78 is 0. The fourth-order valence-corrected chi connectivity index (χ4v) is 0.721. The lowest BCUT2D eigenvalue weighted by atomic mass is 10.1. The first-order chi connectivity index (χ1) is 4.20. The zero-order chi connectivity index (χ0) is 6.85. The minimum Gasteiger partial charge on any atom is -0.397 e. The Balaban J connectivity index is 2.87. The maximum Gasteiger partial charge on any atom is 0.0547 e. The van der Waals surface area contributed by atoms with Crippen molar-refractivity contribution in [3.63, 3.8) is 0 Å². The van der Waals surface area contributed by atoms with E-state index in [-0.39, 0.29) is 0 Å². The maximum absolute atomic E-state index is 5.48. The lowest BCUT2D eigenvalue weighted by Gasteiger charge is -2.08. The SMILES string of the molecule is C=C1C=C(N)C(N)=CC1. The number of nitrogens with two attached hydrogens (primary N) is 2. The average Bonchev–Trinajstić information content (AvgIpc) is 1.80. The van der Waals surface area contributed by atoms with Crippen LogP contribution in [-0.4, -0.2) is 0 Å². The van der Waals surface area contributed by atoms with Gasteiger partial charge in [0.05, 0.1) is 11.4 Å². The smallest absolute Gasteiger partial charge is 0.0547 e. The highest BCUT2D eigenvalue weighted by atomic mass is 14.7. The molecule has 1 aliphatic rings. The van der Waals surface area contributed by atoms with Gasteiger partial charge < -0.3 is 11.5 Å². The molecule has 0 aromatic rings. The fourth-order valence-electron chi connectivity index (χ4n) is 0.721. The molecule has 0 saturated carbocycles. The lowest BCUT2D eigenvalue weighted by Crippen LogP contribution is -2.11. The fraction of sp³-hybridized carbons (Fsp3) is 0.143. The van der Waals surface area contributed by atoms with Crippen LogP contribution in [0.15, 0.2) is 35.7 Å². The highest BCUT2D eigenvalue weighted by molar-refractivity contribution is 5.38. The molecule has 1 aliphatic carbocycles.